The number of anilines is 1. The number of hydrogen-bond donors (Lipinski definition) is 1. The molecule has 2 fully saturated rings. The van der Waals surface area contributed by atoms with E-state index >= 15 is 0 Å². The molecule has 3 heteroatoms. The maximum Gasteiger partial charge on any atom is 0.127 e. The largest absolute Gasteiger partial charge is 0.383 e. The van der Waals surface area contributed by atoms with Crippen LogP contribution in [-0.4, -0.2) is 23.0 Å². The lowest BCUT2D eigenvalue weighted by Crippen LogP contribution is -2.40. The van der Waals surface area contributed by atoms with Crippen molar-refractivity contribution in [2.24, 2.45) is 5.41 Å². The van der Waals surface area contributed by atoms with Crippen LogP contribution in [0.2, 0.25) is 0 Å². The number of nitrogen functional groups attached to an aromatic ring is 1. The van der Waals surface area contributed by atoms with E-state index in [1.807, 2.05) is 6.07 Å². The van der Waals surface area contributed by atoms with E-state index in [1.54, 1.807) is 6.20 Å². The van der Waals surface area contributed by atoms with Crippen molar-refractivity contribution in [1.29, 1.82) is 0 Å². The number of rotatable bonds is 2. The van der Waals surface area contributed by atoms with E-state index in [0.29, 0.717) is 11.2 Å². The van der Waals surface area contributed by atoms with Gasteiger partial charge in [0.15, 0.2) is 0 Å². The quantitative estimate of drug-likeness (QED) is 0.886. The van der Waals surface area contributed by atoms with Crippen LogP contribution in [-0.2, 0) is 6.54 Å². The Morgan fingerprint density at radius 3 is 2.53 bits per heavy atom. The molecule has 0 aromatic carbocycles. The second-order valence-electron chi connectivity index (χ2n) is 6.38. The summed E-state index contributed by atoms with van der Waals surface area (Å²) in [6.45, 7) is 3.43. The third-order valence-corrected chi connectivity index (χ3v) is 5.15. The van der Waals surface area contributed by atoms with E-state index in [1.165, 1.54) is 63.6 Å². The second-order valence-corrected chi connectivity index (χ2v) is 6.38. The molecule has 2 aliphatic rings. The Balaban J connectivity index is 1.57. The Hall–Kier alpha value is -1.09. The van der Waals surface area contributed by atoms with Crippen molar-refractivity contribution in [3.8, 4) is 0 Å². The number of piperidine rings is 1. The van der Waals surface area contributed by atoms with Crippen molar-refractivity contribution >= 4 is 5.82 Å². The van der Waals surface area contributed by atoms with Gasteiger partial charge in [-0.2, -0.15) is 0 Å². The first kappa shape index (κ1) is 12.9. The molecule has 1 spiro atoms. The molecule has 3 rings (SSSR count). The minimum absolute atomic E-state index is 0.690. The fourth-order valence-corrected chi connectivity index (χ4v) is 3.81. The monoisotopic (exact) mass is 259 g/mol. The lowest BCUT2D eigenvalue weighted by molar-refractivity contribution is 0.0642. The van der Waals surface area contributed by atoms with E-state index in [4.69, 9.17) is 5.73 Å². The smallest absolute Gasteiger partial charge is 0.127 e. The topological polar surface area (TPSA) is 42.1 Å². The predicted molar refractivity (Wildman–Crippen MR) is 78.7 cm³/mol. The lowest BCUT2D eigenvalue weighted by Gasteiger charge is -2.44. The normalized spacial score (nSPS) is 23.6. The van der Waals surface area contributed by atoms with E-state index in [0.717, 1.165) is 6.54 Å². The van der Waals surface area contributed by atoms with Gasteiger partial charge < -0.3 is 5.73 Å². The summed E-state index contributed by atoms with van der Waals surface area (Å²) in [6.07, 6.45) is 11.8. The zero-order valence-electron chi connectivity index (χ0n) is 11.8. The molecule has 3 nitrogen and oxygen atoms in total. The minimum atomic E-state index is 0.690. The van der Waals surface area contributed by atoms with Gasteiger partial charge in [0.2, 0.25) is 0 Å². The zero-order valence-corrected chi connectivity index (χ0v) is 11.8. The van der Waals surface area contributed by atoms with Gasteiger partial charge in [0.1, 0.15) is 5.82 Å². The average Bonchev–Trinajstić information content (AvgIpc) is 2.45. The van der Waals surface area contributed by atoms with Crippen LogP contribution in [0.3, 0.4) is 0 Å². The van der Waals surface area contributed by atoms with Crippen molar-refractivity contribution in [3.63, 3.8) is 0 Å². The maximum absolute atomic E-state index is 5.94. The Labute approximate surface area is 116 Å². The molecule has 19 heavy (non-hydrogen) atoms. The van der Waals surface area contributed by atoms with E-state index in [-0.39, 0.29) is 0 Å². The van der Waals surface area contributed by atoms with Crippen LogP contribution in [0.5, 0.6) is 0 Å². The zero-order chi connectivity index (χ0) is 13.1. The van der Waals surface area contributed by atoms with Crippen molar-refractivity contribution in [2.45, 2.75) is 51.5 Å². The number of aromatic nitrogens is 1. The lowest BCUT2D eigenvalue weighted by atomic mass is 9.68. The first-order valence-electron chi connectivity index (χ1n) is 7.69. The van der Waals surface area contributed by atoms with Gasteiger partial charge in [-0.3, -0.25) is 4.90 Å². The van der Waals surface area contributed by atoms with Gasteiger partial charge in [-0.15, -0.1) is 0 Å². The Morgan fingerprint density at radius 1 is 1.11 bits per heavy atom. The Kier molecular flexibility index (Phi) is 3.74. The summed E-state index contributed by atoms with van der Waals surface area (Å²) in [7, 11) is 0. The third kappa shape index (κ3) is 2.92. The first-order chi connectivity index (χ1) is 9.27. The Morgan fingerprint density at radius 2 is 1.84 bits per heavy atom. The molecular weight excluding hydrogens is 234 g/mol. The van der Waals surface area contributed by atoms with Crippen molar-refractivity contribution in [2.75, 3.05) is 18.8 Å². The molecule has 1 aromatic rings. The molecule has 1 saturated heterocycles. The molecule has 2 heterocycles. The molecule has 0 bridgehead atoms. The summed E-state index contributed by atoms with van der Waals surface area (Å²) in [6, 6.07) is 4.09. The third-order valence-electron chi connectivity index (χ3n) is 5.15. The number of nitrogens with two attached hydrogens (primary N) is 1. The second kappa shape index (κ2) is 5.49. The molecule has 1 aliphatic heterocycles. The molecule has 0 atom stereocenters. The number of hydrogen-bond acceptors (Lipinski definition) is 3. The van der Waals surface area contributed by atoms with E-state index in [9.17, 15) is 0 Å². The van der Waals surface area contributed by atoms with Gasteiger partial charge in [-0.25, -0.2) is 4.98 Å². The Bertz CT molecular complexity index is 414. The summed E-state index contributed by atoms with van der Waals surface area (Å²) in [5.74, 6) is 0.695. The molecule has 1 aromatic heterocycles. The first-order valence-corrected chi connectivity index (χ1v) is 7.69. The van der Waals surface area contributed by atoms with Gasteiger partial charge in [0, 0.05) is 18.3 Å². The van der Waals surface area contributed by atoms with Crippen molar-refractivity contribution < 1.29 is 0 Å². The van der Waals surface area contributed by atoms with E-state index < -0.39 is 0 Å². The maximum atomic E-state index is 5.94. The van der Waals surface area contributed by atoms with E-state index in [2.05, 4.69) is 16.0 Å². The summed E-state index contributed by atoms with van der Waals surface area (Å²) >= 11 is 0. The van der Waals surface area contributed by atoms with Gasteiger partial charge in [0.25, 0.3) is 0 Å². The van der Waals surface area contributed by atoms with Crippen molar-refractivity contribution in [1.82, 2.24) is 9.88 Å². The molecule has 104 valence electrons. The fourth-order valence-electron chi connectivity index (χ4n) is 3.81. The highest BCUT2D eigenvalue weighted by molar-refractivity contribution is 5.38. The average molecular weight is 259 g/mol. The minimum Gasteiger partial charge on any atom is -0.383 e. The SMILES string of the molecule is Nc1ncccc1CN1CCC2(CCCCC2)CC1. The van der Waals surface area contributed by atoms with Crippen LogP contribution in [0.25, 0.3) is 0 Å². The molecule has 0 amide bonds. The molecule has 1 saturated carbocycles. The van der Waals surface area contributed by atoms with Gasteiger partial charge in [0.05, 0.1) is 0 Å². The predicted octanol–water partition coefficient (Wildman–Crippen LogP) is 3.21. The standard InChI is InChI=1S/C16H25N3/c17-15-14(5-4-10-18-15)13-19-11-8-16(9-12-19)6-2-1-3-7-16/h4-5,10H,1-3,6-9,11-13H2,(H2,17,18). The van der Waals surface area contributed by atoms with Gasteiger partial charge in [-0.1, -0.05) is 25.3 Å². The highest BCUT2D eigenvalue weighted by Crippen LogP contribution is 2.44. The number of pyridine rings is 1. The van der Waals surface area contributed by atoms with Gasteiger partial charge in [-0.05, 0) is 50.3 Å². The van der Waals surface area contributed by atoms with Crippen LogP contribution < -0.4 is 5.73 Å². The van der Waals surface area contributed by atoms with Crippen LogP contribution in [0.1, 0.15) is 50.5 Å². The highest BCUT2D eigenvalue weighted by atomic mass is 15.1. The van der Waals surface area contributed by atoms with Gasteiger partial charge >= 0.3 is 0 Å². The van der Waals surface area contributed by atoms with Crippen molar-refractivity contribution in [3.05, 3.63) is 23.9 Å². The molecule has 0 unspecified atom stereocenters. The van der Waals surface area contributed by atoms with Crippen LogP contribution in [0, 0.1) is 5.41 Å². The molecule has 0 radical (unpaired) electrons. The summed E-state index contributed by atoms with van der Waals surface area (Å²) in [5, 5.41) is 0. The molecule has 1 aliphatic carbocycles. The molecular formula is C16H25N3. The molecule has 2 N–H and O–H groups in total. The fraction of sp³-hybridized carbons (Fsp3) is 0.688. The highest BCUT2D eigenvalue weighted by Gasteiger charge is 2.35. The summed E-state index contributed by atoms with van der Waals surface area (Å²) in [4.78, 5) is 6.73. The van der Waals surface area contributed by atoms with Crippen LogP contribution in [0.15, 0.2) is 18.3 Å². The summed E-state index contributed by atoms with van der Waals surface area (Å²) in [5.41, 5.74) is 7.81. The summed E-state index contributed by atoms with van der Waals surface area (Å²) < 4.78 is 0. The van der Waals surface area contributed by atoms with Crippen LogP contribution >= 0.6 is 0 Å². The number of likely N-dealkylation sites (tertiary alicyclic amines) is 1. The van der Waals surface area contributed by atoms with Crippen LogP contribution in [0.4, 0.5) is 5.82 Å². The number of nitrogens with zero attached hydrogens (tertiary/aromatic N) is 2.